The number of amides is 2. The van der Waals surface area contributed by atoms with Crippen LogP contribution in [-0.2, 0) is 16.0 Å². The summed E-state index contributed by atoms with van der Waals surface area (Å²) in [5.74, 6) is -0.352. The first-order chi connectivity index (χ1) is 11.5. The SMILES string of the molecule is Cc1nc(-c2ccccn2)[nH]c(=O)c1CC(=O)NCCCC(N)=O. The van der Waals surface area contributed by atoms with E-state index in [0.717, 1.165) is 0 Å². The number of rotatable bonds is 7. The highest BCUT2D eigenvalue weighted by Crippen LogP contribution is 2.11. The summed E-state index contributed by atoms with van der Waals surface area (Å²) in [7, 11) is 0. The summed E-state index contributed by atoms with van der Waals surface area (Å²) in [5, 5.41) is 2.65. The second kappa shape index (κ2) is 8.00. The number of nitrogens with two attached hydrogens (primary N) is 1. The highest BCUT2D eigenvalue weighted by atomic mass is 16.2. The molecule has 0 unspecified atom stereocenters. The number of nitrogens with one attached hydrogen (secondary N) is 2. The Morgan fingerprint density at radius 1 is 1.33 bits per heavy atom. The van der Waals surface area contributed by atoms with E-state index < -0.39 is 5.91 Å². The molecule has 2 aromatic rings. The number of hydrogen-bond donors (Lipinski definition) is 3. The maximum absolute atomic E-state index is 12.2. The zero-order valence-electron chi connectivity index (χ0n) is 13.3. The third-order valence-electron chi connectivity index (χ3n) is 3.39. The number of carbonyl (C=O) groups is 2. The molecule has 8 nitrogen and oxygen atoms in total. The number of aryl methyl sites for hydroxylation is 1. The predicted octanol–water partition coefficient (Wildman–Crippen LogP) is 0.0645. The van der Waals surface area contributed by atoms with E-state index in [1.54, 1.807) is 31.3 Å². The molecule has 0 aliphatic heterocycles. The average molecular weight is 329 g/mol. The maximum Gasteiger partial charge on any atom is 0.255 e. The van der Waals surface area contributed by atoms with Crippen molar-refractivity contribution in [1.29, 1.82) is 0 Å². The van der Waals surface area contributed by atoms with Crippen molar-refractivity contribution < 1.29 is 9.59 Å². The number of pyridine rings is 1. The fraction of sp³-hybridized carbons (Fsp3) is 0.312. The van der Waals surface area contributed by atoms with Crippen LogP contribution in [0.5, 0.6) is 0 Å². The quantitative estimate of drug-likeness (QED) is 0.618. The van der Waals surface area contributed by atoms with E-state index in [-0.39, 0.29) is 24.3 Å². The first-order valence-corrected chi connectivity index (χ1v) is 7.53. The Bertz CT molecular complexity index is 786. The van der Waals surface area contributed by atoms with Gasteiger partial charge in [-0.05, 0) is 25.5 Å². The van der Waals surface area contributed by atoms with E-state index in [1.165, 1.54) is 0 Å². The number of carbonyl (C=O) groups excluding carboxylic acids is 2. The van der Waals surface area contributed by atoms with Crippen LogP contribution in [0.15, 0.2) is 29.2 Å². The molecule has 0 bridgehead atoms. The minimum Gasteiger partial charge on any atom is -0.370 e. The summed E-state index contributed by atoms with van der Waals surface area (Å²) >= 11 is 0. The molecule has 0 aromatic carbocycles. The summed E-state index contributed by atoms with van der Waals surface area (Å²) < 4.78 is 0. The molecule has 0 aliphatic carbocycles. The van der Waals surface area contributed by atoms with Gasteiger partial charge in [-0.1, -0.05) is 6.07 Å². The van der Waals surface area contributed by atoms with Crippen LogP contribution < -0.4 is 16.6 Å². The number of aromatic nitrogens is 3. The zero-order chi connectivity index (χ0) is 17.5. The largest absolute Gasteiger partial charge is 0.370 e. The van der Waals surface area contributed by atoms with Crippen molar-refractivity contribution in [2.75, 3.05) is 6.54 Å². The molecule has 24 heavy (non-hydrogen) atoms. The van der Waals surface area contributed by atoms with Gasteiger partial charge in [0, 0.05) is 30.4 Å². The Labute approximate surface area is 138 Å². The van der Waals surface area contributed by atoms with Crippen LogP contribution >= 0.6 is 0 Å². The van der Waals surface area contributed by atoms with Crippen LogP contribution in [0.1, 0.15) is 24.1 Å². The van der Waals surface area contributed by atoms with Crippen LogP contribution in [0.4, 0.5) is 0 Å². The molecule has 2 heterocycles. The van der Waals surface area contributed by atoms with Gasteiger partial charge in [0.1, 0.15) is 5.69 Å². The highest BCUT2D eigenvalue weighted by Gasteiger charge is 2.13. The highest BCUT2D eigenvalue weighted by molar-refractivity contribution is 5.79. The van der Waals surface area contributed by atoms with Gasteiger partial charge in [-0.3, -0.25) is 19.4 Å². The van der Waals surface area contributed by atoms with Crippen molar-refractivity contribution in [3.05, 3.63) is 46.0 Å². The number of hydrogen-bond acceptors (Lipinski definition) is 5. The van der Waals surface area contributed by atoms with Crippen molar-refractivity contribution in [3.63, 3.8) is 0 Å². The second-order valence-corrected chi connectivity index (χ2v) is 5.29. The van der Waals surface area contributed by atoms with Crippen molar-refractivity contribution in [3.8, 4) is 11.5 Å². The van der Waals surface area contributed by atoms with Crippen molar-refractivity contribution in [2.45, 2.75) is 26.2 Å². The van der Waals surface area contributed by atoms with Gasteiger partial charge in [-0.2, -0.15) is 0 Å². The molecule has 2 aromatic heterocycles. The van der Waals surface area contributed by atoms with Gasteiger partial charge in [0.15, 0.2) is 5.82 Å². The number of primary amides is 1. The van der Waals surface area contributed by atoms with Crippen LogP contribution in [0.3, 0.4) is 0 Å². The van der Waals surface area contributed by atoms with Crippen molar-refractivity contribution in [1.82, 2.24) is 20.3 Å². The molecule has 0 radical (unpaired) electrons. The maximum atomic E-state index is 12.2. The van der Waals surface area contributed by atoms with E-state index in [0.29, 0.717) is 35.7 Å². The lowest BCUT2D eigenvalue weighted by molar-refractivity contribution is -0.121. The lowest BCUT2D eigenvalue weighted by Crippen LogP contribution is -2.30. The Morgan fingerprint density at radius 2 is 2.12 bits per heavy atom. The molecule has 126 valence electrons. The molecule has 4 N–H and O–H groups in total. The van der Waals surface area contributed by atoms with Crippen LogP contribution in [0.2, 0.25) is 0 Å². The third kappa shape index (κ3) is 4.73. The molecule has 0 saturated carbocycles. The molecule has 0 fully saturated rings. The minimum absolute atomic E-state index is 0.0762. The lowest BCUT2D eigenvalue weighted by atomic mass is 10.1. The van der Waals surface area contributed by atoms with E-state index in [4.69, 9.17) is 5.73 Å². The second-order valence-electron chi connectivity index (χ2n) is 5.29. The third-order valence-corrected chi connectivity index (χ3v) is 3.39. The van der Waals surface area contributed by atoms with Crippen LogP contribution in [0, 0.1) is 6.92 Å². The fourth-order valence-electron chi connectivity index (χ4n) is 2.16. The first kappa shape index (κ1) is 17.3. The molecular weight excluding hydrogens is 310 g/mol. The van der Waals surface area contributed by atoms with Gasteiger partial charge < -0.3 is 16.0 Å². The minimum atomic E-state index is -0.411. The summed E-state index contributed by atoms with van der Waals surface area (Å²) in [6.07, 6.45) is 2.21. The topological polar surface area (TPSA) is 131 Å². The molecule has 0 spiro atoms. The van der Waals surface area contributed by atoms with Gasteiger partial charge in [0.05, 0.1) is 6.42 Å². The van der Waals surface area contributed by atoms with Crippen molar-refractivity contribution in [2.24, 2.45) is 5.73 Å². The Balaban J connectivity index is 2.05. The molecule has 0 saturated heterocycles. The molecular formula is C16H19N5O3. The number of aromatic amines is 1. The van der Waals surface area contributed by atoms with Gasteiger partial charge >= 0.3 is 0 Å². The summed E-state index contributed by atoms with van der Waals surface area (Å²) in [4.78, 5) is 45.8. The Morgan fingerprint density at radius 3 is 2.75 bits per heavy atom. The zero-order valence-corrected chi connectivity index (χ0v) is 13.3. The van der Waals surface area contributed by atoms with Crippen LogP contribution in [-0.4, -0.2) is 33.3 Å². The molecule has 0 atom stereocenters. The lowest BCUT2D eigenvalue weighted by Gasteiger charge is -2.08. The summed E-state index contributed by atoms with van der Waals surface area (Å²) in [5.41, 5.74) is 6.00. The Kier molecular flexibility index (Phi) is 5.78. The van der Waals surface area contributed by atoms with Gasteiger partial charge in [0.2, 0.25) is 11.8 Å². The standard InChI is InChI=1S/C16H19N5O3/c1-10-11(9-14(23)19-8-4-6-13(17)22)16(24)21-15(20-10)12-5-2-3-7-18-12/h2-3,5,7H,4,6,8-9H2,1H3,(H2,17,22)(H,19,23)(H,20,21,24). The normalized spacial score (nSPS) is 10.4. The van der Waals surface area contributed by atoms with Crippen LogP contribution in [0.25, 0.3) is 11.5 Å². The molecule has 2 rings (SSSR count). The number of H-pyrrole nitrogens is 1. The van der Waals surface area contributed by atoms with Crippen molar-refractivity contribution >= 4 is 11.8 Å². The Hall–Kier alpha value is -3.03. The molecule has 2 amide bonds. The van der Waals surface area contributed by atoms with Gasteiger partial charge in [-0.25, -0.2) is 4.98 Å². The fourth-order valence-corrected chi connectivity index (χ4v) is 2.16. The van der Waals surface area contributed by atoms with E-state index >= 15 is 0 Å². The smallest absolute Gasteiger partial charge is 0.255 e. The average Bonchev–Trinajstić information content (AvgIpc) is 2.55. The number of nitrogens with zero attached hydrogens (tertiary/aromatic N) is 2. The monoisotopic (exact) mass is 329 g/mol. The van der Waals surface area contributed by atoms with E-state index in [1.807, 2.05) is 0 Å². The summed E-state index contributed by atoms with van der Waals surface area (Å²) in [6, 6.07) is 5.30. The van der Waals surface area contributed by atoms with E-state index in [2.05, 4.69) is 20.3 Å². The summed E-state index contributed by atoms with van der Waals surface area (Å²) in [6.45, 7) is 2.01. The van der Waals surface area contributed by atoms with Gasteiger partial charge in [0.25, 0.3) is 5.56 Å². The van der Waals surface area contributed by atoms with Gasteiger partial charge in [-0.15, -0.1) is 0 Å². The first-order valence-electron chi connectivity index (χ1n) is 7.53. The van der Waals surface area contributed by atoms with E-state index in [9.17, 15) is 14.4 Å². The molecule has 8 heteroatoms. The molecule has 0 aliphatic rings. The predicted molar refractivity (Wildman–Crippen MR) is 88.0 cm³/mol.